The molecule has 2 rings (SSSR count). The average molecular weight is 316 g/mol. The molecule has 1 aliphatic rings. The van der Waals surface area contributed by atoms with Crippen molar-refractivity contribution in [2.75, 3.05) is 25.0 Å². The predicted octanol–water partition coefficient (Wildman–Crippen LogP) is 2.79. The summed E-state index contributed by atoms with van der Waals surface area (Å²) in [5.41, 5.74) is 0.105. The van der Waals surface area contributed by atoms with E-state index in [2.05, 4.69) is 16.0 Å². The lowest BCUT2D eigenvalue weighted by atomic mass is 10.0. The second-order valence-corrected chi connectivity index (χ2v) is 6.80. The minimum Gasteiger partial charge on any atom is -0.444 e. The zero-order valence-electron chi connectivity index (χ0n) is 14.2. The molecule has 0 radical (unpaired) electrons. The Bertz CT molecular complexity index is 595. The molecule has 0 bridgehead atoms. The Morgan fingerprint density at radius 1 is 1.43 bits per heavy atom. The van der Waals surface area contributed by atoms with Gasteiger partial charge in [0, 0.05) is 32.4 Å². The normalized spacial score (nSPS) is 15.9. The summed E-state index contributed by atoms with van der Waals surface area (Å²) < 4.78 is 5.42. The Morgan fingerprint density at radius 2 is 2.09 bits per heavy atom. The van der Waals surface area contributed by atoms with Crippen LogP contribution in [0, 0.1) is 11.3 Å². The molecule has 6 heteroatoms. The third-order valence-corrected chi connectivity index (χ3v) is 3.90. The second kappa shape index (κ2) is 6.86. The minimum atomic E-state index is -0.484. The first-order valence-electron chi connectivity index (χ1n) is 7.87. The van der Waals surface area contributed by atoms with Crippen molar-refractivity contribution in [3.63, 3.8) is 0 Å². The number of piperidine rings is 1. The molecule has 0 atom stereocenters. The molecule has 0 N–H and O–H groups in total. The van der Waals surface area contributed by atoms with Crippen LogP contribution in [0.15, 0.2) is 18.3 Å². The van der Waals surface area contributed by atoms with Crippen LogP contribution < -0.4 is 4.90 Å². The largest absolute Gasteiger partial charge is 0.444 e. The van der Waals surface area contributed by atoms with Gasteiger partial charge in [-0.2, -0.15) is 5.26 Å². The monoisotopic (exact) mass is 316 g/mol. The van der Waals surface area contributed by atoms with Crippen LogP contribution in [0.2, 0.25) is 0 Å². The first kappa shape index (κ1) is 17.1. The van der Waals surface area contributed by atoms with Gasteiger partial charge in [-0.15, -0.1) is 0 Å². The summed E-state index contributed by atoms with van der Waals surface area (Å²) in [6.07, 6.45) is 3.08. The van der Waals surface area contributed by atoms with E-state index in [-0.39, 0.29) is 12.1 Å². The number of aromatic nitrogens is 1. The number of hydrogen-bond donors (Lipinski definition) is 0. The van der Waals surface area contributed by atoms with Crippen LogP contribution in [0.3, 0.4) is 0 Å². The molecule has 124 valence electrons. The first-order chi connectivity index (χ1) is 10.8. The molecule has 0 aliphatic carbocycles. The number of anilines is 1. The van der Waals surface area contributed by atoms with Crippen LogP contribution in [-0.4, -0.2) is 47.8 Å². The van der Waals surface area contributed by atoms with E-state index in [1.54, 1.807) is 30.3 Å². The van der Waals surface area contributed by atoms with Crippen molar-refractivity contribution >= 4 is 11.9 Å². The summed E-state index contributed by atoms with van der Waals surface area (Å²) in [5.74, 6) is 0.730. The summed E-state index contributed by atoms with van der Waals surface area (Å²) in [6, 6.07) is 5.88. The molecular weight excluding hydrogens is 292 g/mol. The first-order valence-corrected chi connectivity index (χ1v) is 7.87. The van der Waals surface area contributed by atoms with Gasteiger partial charge in [0.05, 0.1) is 5.56 Å². The fourth-order valence-corrected chi connectivity index (χ4v) is 2.68. The molecule has 1 amide bonds. The van der Waals surface area contributed by atoms with Crippen LogP contribution in [0.25, 0.3) is 0 Å². The Balaban J connectivity index is 1.96. The van der Waals surface area contributed by atoms with Gasteiger partial charge in [0.1, 0.15) is 17.5 Å². The zero-order valence-corrected chi connectivity index (χ0v) is 14.2. The van der Waals surface area contributed by atoms with E-state index < -0.39 is 5.60 Å². The second-order valence-electron chi connectivity index (χ2n) is 6.80. The van der Waals surface area contributed by atoms with E-state index in [0.717, 1.165) is 31.7 Å². The number of pyridine rings is 1. The van der Waals surface area contributed by atoms with Crippen LogP contribution in [0.1, 0.15) is 39.2 Å². The predicted molar refractivity (Wildman–Crippen MR) is 88.2 cm³/mol. The topological polar surface area (TPSA) is 69.5 Å². The smallest absolute Gasteiger partial charge is 0.410 e. The molecule has 1 aromatic heterocycles. The number of amides is 1. The third kappa shape index (κ3) is 4.35. The van der Waals surface area contributed by atoms with E-state index in [9.17, 15) is 10.1 Å². The number of hydrogen-bond acceptors (Lipinski definition) is 5. The van der Waals surface area contributed by atoms with E-state index in [1.807, 2.05) is 20.8 Å². The summed E-state index contributed by atoms with van der Waals surface area (Å²) >= 11 is 0. The van der Waals surface area contributed by atoms with Gasteiger partial charge < -0.3 is 14.5 Å². The quantitative estimate of drug-likeness (QED) is 0.839. The van der Waals surface area contributed by atoms with Crippen molar-refractivity contribution in [3.8, 4) is 6.07 Å². The molecule has 0 aromatic carbocycles. The van der Waals surface area contributed by atoms with Gasteiger partial charge in [-0.05, 0) is 45.7 Å². The van der Waals surface area contributed by atoms with Gasteiger partial charge >= 0.3 is 6.09 Å². The number of ether oxygens (including phenoxy) is 1. The van der Waals surface area contributed by atoms with Crippen LogP contribution in [-0.2, 0) is 4.74 Å². The molecule has 1 fully saturated rings. The Kier molecular flexibility index (Phi) is 5.09. The number of carbonyl (C=O) groups is 1. The van der Waals surface area contributed by atoms with Gasteiger partial charge in [0.25, 0.3) is 0 Å². The van der Waals surface area contributed by atoms with E-state index in [4.69, 9.17) is 4.74 Å². The molecule has 1 aliphatic heterocycles. The van der Waals surface area contributed by atoms with Gasteiger partial charge in [0.15, 0.2) is 0 Å². The van der Waals surface area contributed by atoms with Gasteiger partial charge in [-0.25, -0.2) is 9.78 Å². The van der Waals surface area contributed by atoms with Crippen molar-refractivity contribution in [2.24, 2.45) is 0 Å². The van der Waals surface area contributed by atoms with Gasteiger partial charge in [-0.1, -0.05) is 0 Å². The number of nitriles is 1. The maximum absolute atomic E-state index is 12.1. The highest BCUT2D eigenvalue weighted by Crippen LogP contribution is 2.24. The number of nitrogens with zero attached hydrogens (tertiary/aromatic N) is 4. The van der Waals surface area contributed by atoms with Crippen LogP contribution in [0.5, 0.6) is 0 Å². The lowest BCUT2D eigenvalue weighted by Crippen LogP contribution is -2.47. The Labute approximate surface area is 137 Å². The SMILES string of the molecule is CN(C(=O)OC(C)(C)C)C1CCN(c2ncccc2C#N)CC1. The molecule has 0 saturated carbocycles. The average Bonchev–Trinajstić information content (AvgIpc) is 2.52. The third-order valence-electron chi connectivity index (χ3n) is 3.90. The van der Waals surface area contributed by atoms with Gasteiger partial charge in [0.2, 0.25) is 0 Å². The molecule has 1 aromatic rings. The summed E-state index contributed by atoms with van der Waals surface area (Å²) in [6.45, 7) is 7.14. The minimum absolute atomic E-state index is 0.148. The Morgan fingerprint density at radius 3 is 2.65 bits per heavy atom. The summed E-state index contributed by atoms with van der Waals surface area (Å²) in [7, 11) is 1.79. The summed E-state index contributed by atoms with van der Waals surface area (Å²) in [4.78, 5) is 20.3. The molecule has 1 saturated heterocycles. The van der Waals surface area contributed by atoms with Crippen molar-refractivity contribution < 1.29 is 9.53 Å². The highest BCUT2D eigenvalue weighted by atomic mass is 16.6. The van der Waals surface area contributed by atoms with Crippen LogP contribution in [0.4, 0.5) is 10.6 Å². The number of rotatable bonds is 2. The molecule has 2 heterocycles. The highest BCUT2D eigenvalue weighted by Gasteiger charge is 2.29. The zero-order chi connectivity index (χ0) is 17.0. The fourth-order valence-electron chi connectivity index (χ4n) is 2.68. The van der Waals surface area contributed by atoms with Gasteiger partial charge in [-0.3, -0.25) is 0 Å². The molecule has 0 unspecified atom stereocenters. The molecule has 6 nitrogen and oxygen atoms in total. The maximum atomic E-state index is 12.1. The standard InChI is InChI=1S/C17H24N4O2/c1-17(2,3)23-16(22)20(4)14-7-10-21(11-8-14)15-13(12-18)6-5-9-19-15/h5-6,9,14H,7-8,10-11H2,1-4H3. The number of carbonyl (C=O) groups excluding carboxylic acids is 1. The van der Waals surface area contributed by atoms with E-state index in [1.165, 1.54) is 0 Å². The summed E-state index contributed by atoms with van der Waals surface area (Å²) in [5, 5.41) is 9.18. The molecule has 23 heavy (non-hydrogen) atoms. The van der Waals surface area contributed by atoms with E-state index >= 15 is 0 Å². The maximum Gasteiger partial charge on any atom is 0.410 e. The highest BCUT2D eigenvalue weighted by molar-refractivity contribution is 5.68. The van der Waals surface area contributed by atoms with Crippen molar-refractivity contribution in [1.29, 1.82) is 5.26 Å². The van der Waals surface area contributed by atoms with E-state index in [0.29, 0.717) is 5.56 Å². The van der Waals surface area contributed by atoms with Crippen LogP contribution >= 0.6 is 0 Å². The van der Waals surface area contributed by atoms with Crippen molar-refractivity contribution in [3.05, 3.63) is 23.9 Å². The lowest BCUT2D eigenvalue weighted by molar-refractivity contribution is 0.0201. The molecule has 0 spiro atoms. The lowest BCUT2D eigenvalue weighted by Gasteiger charge is -2.37. The van der Waals surface area contributed by atoms with Crippen molar-refractivity contribution in [2.45, 2.75) is 45.3 Å². The van der Waals surface area contributed by atoms with Crippen molar-refractivity contribution in [1.82, 2.24) is 9.88 Å². The Hall–Kier alpha value is -2.29. The molecular formula is C17H24N4O2. The fraction of sp³-hybridized carbons (Fsp3) is 0.588.